The third-order valence-electron chi connectivity index (χ3n) is 5.16. The van der Waals surface area contributed by atoms with Crippen molar-refractivity contribution in [3.63, 3.8) is 0 Å². The van der Waals surface area contributed by atoms with E-state index in [1.807, 2.05) is 11.0 Å². The highest BCUT2D eigenvalue weighted by Gasteiger charge is 2.33. The second-order valence-corrected chi connectivity index (χ2v) is 7.31. The Morgan fingerprint density at radius 1 is 1.45 bits per heavy atom. The Kier molecular flexibility index (Phi) is 7.02. The van der Waals surface area contributed by atoms with Crippen LogP contribution in [0.2, 0.25) is 0 Å². The highest BCUT2D eigenvalue weighted by Crippen LogP contribution is 2.29. The Morgan fingerprint density at radius 3 is 2.81 bits per heavy atom. The number of anilines is 2. The molecule has 31 heavy (non-hydrogen) atoms. The van der Waals surface area contributed by atoms with E-state index in [0.29, 0.717) is 37.3 Å². The van der Waals surface area contributed by atoms with Gasteiger partial charge in [-0.3, -0.25) is 14.7 Å². The van der Waals surface area contributed by atoms with E-state index in [4.69, 9.17) is 15.8 Å². The smallest absolute Gasteiger partial charge is 0.414 e. The summed E-state index contributed by atoms with van der Waals surface area (Å²) in [7, 11) is 0. The van der Waals surface area contributed by atoms with Crippen molar-refractivity contribution in [3.8, 4) is 6.07 Å². The van der Waals surface area contributed by atoms with Crippen LogP contribution in [0.15, 0.2) is 28.3 Å². The molecule has 0 spiro atoms. The maximum Gasteiger partial charge on any atom is 0.414 e. The SMILES string of the molecule is CC(=O)NC[C@H]1CN(c2ccc(N3CCC(N=CC(C#N)=NN)CC3)c(F)c2)C(=O)O1. The quantitative estimate of drug-likeness (QED) is 0.396. The fraction of sp³-hybridized carbons (Fsp3) is 0.450. The van der Waals surface area contributed by atoms with Crippen LogP contribution in [0.4, 0.5) is 20.6 Å². The van der Waals surface area contributed by atoms with Gasteiger partial charge in [-0.2, -0.15) is 10.4 Å². The molecule has 1 aromatic rings. The number of nitrogens with one attached hydrogen (secondary N) is 1. The number of nitrogens with zero attached hydrogens (tertiary/aromatic N) is 5. The Bertz CT molecular complexity index is 935. The number of rotatable bonds is 6. The van der Waals surface area contributed by atoms with Crippen molar-refractivity contribution >= 4 is 35.3 Å². The highest BCUT2D eigenvalue weighted by molar-refractivity contribution is 6.37. The van der Waals surface area contributed by atoms with Gasteiger partial charge in [0, 0.05) is 20.0 Å². The average molecular weight is 429 g/mol. The number of ether oxygens (including phenoxy) is 1. The third kappa shape index (κ3) is 5.48. The lowest BCUT2D eigenvalue weighted by Gasteiger charge is -2.32. The van der Waals surface area contributed by atoms with Crippen LogP contribution in [-0.2, 0) is 9.53 Å². The zero-order valence-electron chi connectivity index (χ0n) is 17.1. The number of hydrazone groups is 1. The van der Waals surface area contributed by atoms with E-state index >= 15 is 0 Å². The summed E-state index contributed by atoms with van der Waals surface area (Å²) in [5.74, 6) is 4.45. The second kappa shape index (κ2) is 9.88. The Hall–Kier alpha value is -3.68. The van der Waals surface area contributed by atoms with Gasteiger partial charge < -0.3 is 20.8 Å². The van der Waals surface area contributed by atoms with E-state index in [1.54, 1.807) is 12.1 Å². The largest absolute Gasteiger partial charge is 0.442 e. The molecule has 0 saturated carbocycles. The van der Waals surface area contributed by atoms with Crippen LogP contribution in [0.3, 0.4) is 0 Å². The van der Waals surface area contributed by atoms with Gasteiger partial charge in [0.05, 0.1) is 36.7 Å². The molecule has 0 aliphatic carbocycles. The topological polar surface area (TPSA) is 136 Å². The Balaban J connectivity index is 1.60. The van der Waals surface area contributed by atoms with Crippen LogP contribution < -0.4 is 21.0 Å². The molecule has 2 heterocycles. The van der Waals surface area contributed by atoms with Crippen molar-refractivity contribution in [1.29, 1.82) is 5.26 Å². The molecular weight excluding hydrogens is 405 g/mol. The van der Waals surface area contributed by atoms with Gasteiger partial charge >= 0.3 is 6.09 Å². The molecule has 2 aliphatic rings. The van der Waals surface area contributed by atoms with E-state index in [9.17, 15) is 14.0 Å². The summed E-state index contributed by atoms with van der Waals surface area (Å²) in [6.07, 6.45) is 1.71. The van der Waals surface area contributed by atoms with Gasteiger partial charge in [0.2, 0.25) is 5.91 Å². The Labute approximate surface area is 179 Å². The van der Waals surface area contributed by atoms with Gasteiger partial charge in [-0.05, 0) is 31.0 Å². The standard InChI is InChI=1S/C20H24FN7O3/c1-13(29)24-11-17-12-28(20(30)31-17)16-2-3-19(18(21)8-16)27-6-4-14(5-7-27)25-10-15(9-22)26-23/h2-3,8,10,14,17H,4-7,11-12,23H2,1H3,(H,24,29)/t17-/m0/s1. The molecule has 0 unspecified atom stereocenters. The second-order valence-electron chi connectivity index (χ2n) is 7.31. The summed E-state index contributed by atoms with van der Waals surface area (Å²) in [5.41, 5.74) is 0.916. The van der Waals surface area contributed by atoms with Crippen molar-refractivity contribution in [2.24, 2.45) is 15.9 Å². The number of nitrogens with two attached hydrogens (primary N) is 1. The number of hydrogen-bond donors (Lipinski definition) is 2. The number of nitriles is 1. The highest BCUT2D eigenvalue weighted by atomic mass is 19.1. The predicted octanol–water partition coefficient (Wildman–Crippen LogP) is 1.16. The number of piperidine rings is 1. The number of aliphatic imine (C=N–C) groups is 1. The molecule has 11 heteroatoms. The number of cyclic esters (lactones) is 1. The summed E-state index contributed by atoms with van der Waals surface area (Å²) in [6, 6.07) is 6.51. The molecule has 3 N–H and O–H groups in total. The summed E-state index contributed by atoms with van der Waals surface area (Å²) >= 11 is 0. The van der Waals surface area contributed by atoms with Gasteiger partial charge in [0.1, 0.15) is 18.0 Å². The molecule has 164 valence electrons. The predicted molar refractivity (Wildman–Crippen MR) is 114 cm³/mol. The molecule has 0 aromatic heterocycles. The van der Waals surface area contributed by atoms with Crippen LogP contribution in [0, 0.1) is 17.1 Å². The van der Waals surface area contributed by atoms with Gasteiger partial charge in [-0.25, -0.2) is 9.18 Å². The van der Waals surface area contributed by atoms with Crippen LogP contribution >= 0.6 is 0 Å². The first kappa shape index (κ1) is 22.0. The summed E-state index contributed by atoms with van der Waals surface area (Å²) in [6.45, 7) is 3.03. The van der Waals surface area contributed by atoms with Crippen LogP contribution in [0.1, 0.15) is 19.8 Å². The third-order valence-corrected chi connectivity index (χ3v) is 5.16. The van der Waals surface area contributed by atoms with Crippen molar-refractivity contribution in [1.82, 2.24) is 5.32 Å². The molecule has 2 fully saturated rings. The molecule has 2 aliphatic heterocycles. The maximum absolute atomic E-state index is 14.8. The molecule has 1 aromatic carbocycles. The Morgan fingerprint density at radius 2 is 2.19 bits per heavy atom. The molecule has 10 nitrogen and oxygen atoms in total. The van der Waals surface area contributed by atoms with E-state index < -0.39 is 18.0 Å². The number of carbonyl (C=O) groups excluding carboxylic acids is 2. The minimum absolute atomic E-state index is 0.0172. The molecule has 0 radical (unpaired) electrons. The van der Waals surface area contributed by atoms with Crippen LogP contribution in [-0.4, -0.2) is 62.3 Å². The first-order chi connectivity index (χ1) is 14.9. The monoisotopic (exact) mass is 429 g/mol. The number of halogens is 1. The van der Waals surface area contributed by atoms with Crippen molar-refractivity contribution < 1.29 is 18.7 Å². The van der Waals surface area contributed by atoms with Gasteiger partial charge in [-0.15, -0.1) is 0 Å². The van der Waals surface area contributed by atoms with Gasteiger partial charge in [0.25, 0.3) is 0 Å². The zero-order chi connectivity index (χ0) is 22.4. The van der Waals surface area contributed by atoms with Gasteiger partial charge in [-0.1, -0.05) is 0 Å². The fourth-order valence-corrected chi connectivity index (χ4v) is 3.54. The average Bonchev–Trinajstić information content (AvgIpc) is 3.14. The minimum atomic E-state index is -0.570. The number of hydrogen-bond acceptors (Lipinski definition) is 8. The molecule has 2 amide bonds. The van der Waals surface area contributed by atoms with Crippen LogP contribution in [0.5, 0.6) is 0 Å². The van der Waals surface area contributed by atoms with Crippen molar-refractivity contribution in [2.75, 3.05) is 36.0 Å². The molecule has 0 bridgehead atoms. The first-order valence-corrected chi connectivity index (χ1v) is 9.89. The zero-order valence-corrected chi connectivity index (χ0v) is 17.1. The van der Waals surface area contributed by atoms with Crippen LogP contribution in [0.25, 0.3) is 0 Å². The lowest BCUT2D eigenvalue weighted by atomic mass is 10.0. The van der Waals surface area contributed by atoms with Crippen molar-refractivity contribution in [3.05, 3.63) is 24.0 Å². The van der Waals surface area contributed by atoms with E-state index in [1.165, 1.54) is 24.1 Å². The summed E-state index contributed by atoms with van der Waals surface area (Å²) < 4.78 is 20.1. The number of benzene rings is 1. The fourth-order valence-electron chi connectivity index (χ4n) is 3.54. The first-order valence-electron chi connectivity index (χ1n) is 9.89. The van der Waals surface area contributed by atoms with Gasteiger partial charge in [0.15, 0.2) is 5.71 Å². The van der Waals surface area contributed by atoms with Crippen molar-refractivity contribution in [2.45, 2.75) is 31.9 Å². The summed E-state index contributed by atoms with van der Waals surface area (Å²) in [5, 5.41) is 14.7. The van der Waals surface area contributed by atoms with E-state index in [2.05, 4.69) is 15.4 Å². The normalized spacial score (nSPS) is 20.1. The van der Waals surface area contributed by atoms with E-state index in [0.717, 1.165) is 0 Å². The maximum atomic E-state index is 14.8. The van der Waals surface area contributed by atoms with E-state index in [-0.39, 0.29) is 30.8 Å². The number of amides is 2. The molecule has 2 saturated heterocycles. The minimum Gasteiger partial charge on any atom is -0.442 e. The number of carbonyl (C=O) groups is 2. The molecule has 1 atom stereocenters. The molecule has 3 rings (SSSR count). The molecular formula is C20H24FN7O3. The lowest BCUT2D eigenvalue weighted by molar-refractivity contribution is -0.119. The lowest BCUT2D eigenvalue weighted by Crippen LogP contribution is -2.36. The summed E-state index contributed by atoms with van der Waals surface area (Å²) in [4.78, 5) is 30.8.